The summed E-state index contributed by atoms with van der Waals surface area (Å²) in [4.78, 5) is 15.7. The third-order valence-corrected chi connectivity index (χ3v) is 4.65. The van der Waals surface area contributed by atoms with Crippen LogP contribution in [0.1, 0.15) is 5.56 Å². The van der Waals surface area contributed by atoms with Crippen LogP contribution in [0.4, 0.5) is 30.6 Å². The lowest BCUT2D eigenvalue weighted by Crippen LogP contribution is -2.05. The lowest BCUT2D eigenvalue weighted by atomic mass is 10.2. The second-order valence-corrected chi connectivity index (χ2v) is 6.83. The molecule has 0 amide bonds. The summed E-state index contributed by atoms with van der Waals surface area (Å²) in [6, 6.07) is 9.46. The number of nitrogen functional groups attached to an aromatic ring is 1. The molecule has 0 aliphatic rings. The predicted octanol–water partition coefficient (Wildman–Crippen LogP) is 5.67. The summed E-state index contributed by atoms with van der Waals surface area (Å²) >= 11 is 12.5. The summed E-state index contributed by atoms with van der Waals surface area (Å²) in [5, 5.41) is 3.62. The van der Waals surface area contributed by atoms with Crippen molar-refractivity contribution in [2.24, 2.45) is 0 Å². The van der Waals surface area contributed by atoms with E-state index in [4.69, 9.17) is 28.9 Å². The molecule has 0 saturated heterocycles. The number of nitrogens with zero attached hydrogens (tertiary/aromatic N) is 3. The molecule has 11 heteroatoms. The number of hydrogen-bond acceptors (Lipinski definition) is 5. The average Bonchev–Trinajstić information content (AvgIpc) is 3.02. The molecule has 2 aromatic heterocycles. The number of imidazole rings is 1. The van der Waals surface area contributed by atoms with E-state index >= 15 is 0 Å². The summed E-state index contributed by atoms with van der Waals surface area (Å²) in [7, 11) is 0. The summed E-state index contributed by atoms with van der Waals surface area (Å²) in [6.45, 7) is 0. The first-order valence-electron chi connectivity index (χ1n) is 8.14. The Kier molecular flexibility index (Phi) is 4.71. The van der Waals surface area contributed by atoms with Crippen LogP contribution in [0.15, 0.2) is 42.5 Å². The number of anilines is 3. The molecule has 0 fully saturated rings. The van der Waals surface area contributed by atoms with Crippen molar-refractivity contribution in [2.45, 2.75) is 6.18 Å². The van der Waals surface area contributed by atoms with Crippen molar-refractivity contribution in [3.05, 3.63) is 58.1 Å². The number of aromatic nitrogens is 4. The van der Waals surface area contributed by atoms with E-state index in [0.29, 0.717) is 32.5 Å². The van der Waals surface area contributed by atoms with Crippen molar-refractivity contribution >= 4 is 51.8 Å². The van der Waals surface area contributed by atoms with Crippen LogP contribution in [-0.4, -0.2) is 19.9 Å². The number of aromatic amines is 1. The van der Waals surface area contributed by atoms with Gasteiger partial charge in [-0.2, -0.15) is 13.2 Å². The second-order valence-electron chi connectivity index (χ2n) is 6.01. The molecule has 6 nitrogen and oxygen atoms in total. The molecule has 2 aromatic carbocycles. The fourth-order valence-corrected chi connectivity index (χ4v) is 3.27. The Balaban J connectivity index is 1.81. The van der Waals surface area contributed by atoms with Crippen LogP contribution in [0.3, 0.4) is 0 Å². The number of H-pyrrole nitrogens is 1. The van der Waals surface area contributed by atoms with Crippen LogP contribution in [0.5, 0.6) is 0 Å². The smallest absolute Gasteiger partial charge is 0.369 e. The molecular weight excluding hydrogens is 428 g/mol. The van der Waals surface area contributed by atoms with Crippen LogP contribution >= 0.6 is 23.2 Å². The van der Waals surface area contributed by atoms with Crippen molar-refractivity contribution in [3.63, 3.8) is 0 Å². The first kappa shape index (κ1) is 19.3. The van der Waals surface area contributed by atoms with E-state index in [0.717, 1.165) is 12.1 Å². The number of hydrogen-bond donors (Lipinski definition) is 3. The molecule has 4 aromatic rings. The van der Waals surface area contributed by atoms with Gasteiger partial charge in [0.2, 0.25) is 0 Å². The molecule has 4 N–H and O–H groups in total. The fraction of sp³-hybridized carbons (Fsp3) is 0.0556. The van der Waals surface area contributed by atoms with Gasteiger partial charge in [-0.15, -0.1) is 0 Å². The molecule has 0 aliphatic carbocycles. The summed E-state index contributed by atoms with van der Waals surface area (Å²) < 4.78 is 38.3. The molecule has 29 heavy (non-hydrogen) atoms. The Morgan fingerprint density at radius 1 is 0.931 bits per heavy atom. The van der Waals surface area contributed by atoms with E-state index < -0.39 is 11.7 Å². The summed E-state index contributed by atoms with van der Waals surface area (Å²) in [5.74, 6) is 0.534. The Morgan fingerprint density at radius 3 is 2.21 bits per heavy atom. The van der Waals surface area contributed by atoms with E-state index in [-0.39, 0.29) is 17.6 Å². The van der Waals surface area contributed by atoms with Gasteiger partial charge in [-0.25, -0.2) is 15.0 Å². The number of nitrogens with two attached hydrogens (primary N) is 1. The van der Waals surface area contributed by atoms with Crippen LogP contribution in [0.25, 0.3) is 22.6 Å². The molecule has 0 bridgehead atoms. The first-order valence-corrected chi connectivity index (χ1v) is 8.90. The maximum Gasteiger partial charge on any atom is 0.416 e. The number of halogens is 5. The number of alkyl halides is 3. The van der Waals surface area contributed by atoms with Gasteiger partial charge in [-0.05, 0) is 36.4 Å². The highest BCUT2D eigenvalue weighted by molar-refractivity contribution is 6.39. The van der Waals surface area contributed by atoms with Crippen molar-refractivity contribution in [1.82, 2.24) is 19.9 Å². The van der Waals surface area contributed by atoms with E-state index in [9.17, 15) is 13.2 Å². The van der Waals surface area contributed by atoms with Crippen LogP contribution in [0, 0.1) is 0 Å². The van der Waals surface area contributed by atoms with Gasteiger partial charge < -0.3 is 16.0 Å². The third kappa shape index (κ3) is 3.79. The molecule has 0 unspecified atom stereocenters. The van der Waals surface area contributed by atoms with Gasteiger partial charge in [0.1, 0.15) is 0 Å². The topological polar surface area (TPSA) is 92.5 Å². The minimum absolute atomic E-state index is 0.104. The molecule has 2 heterocycles. The normalized spacial score (nSPS) is 11.8. The Hall–Kier alpha value is -3.04. The predicted molar refractivity (Wildman–Crippen MR) is 106 cm³/mol. The third-order valence-electron chi connectivity index (χ3n) is 4.02. The standard InChI is InChI=1S/C18H11Cl2F3N6/c19-10-2-1-3-11(20)12(10)14-27-15(13-16(28-14)29-17(24)26-13)25-9-6-4-8(5-7-9)18(21,22)23/h1-7H,(H4,24,25,26,27,28,29). The second kappa shape index (κ2) is 7.09. The minimum Gasteiger partial charge on any atom is -0.369 e. The largest absolute Gasteiger partial charge is 0.416 e. The van der Waals surface area contributed by atoms with Gasteiger partial charge in [-0.3, -0.25) is 0 Å². The molecule has 148 valence electrons. The highest BCUT2D eigenvalue weighted by Crippen LogP contribution is 2.35. The van der Waals surface area contributed by atoms with Crippen LogP contribution < -0.4 is 11.1 Å². The average molecular weight is 439 g/mol. The van der Waals surface area contributed by atoms with E-state index in [1.807, 2.05) is 0 Å². The van der Waals surface area contributed by atoms with Crippen LogP contribution in [0.2, 0.25) is 10.0 Å². The van der Waals surface area contributed by atoms with Crippen molar-refractivity contribution in [1.29, 1.82) is 0 Å². The monoisotopic (exact) mass is 438 g/mol. The SMILES string of the molecule is Nc1nc2c(Nc3ccc(C(F)(F)F)cc3)nc(-c3c(Cl)cccc3Cl)nc2[nH]1. The Morgan fingerprint density at radius 2 is 1.59 bits per heavy atom. The van der Waals surface area contributed by atoms with Crippen LogP contribution in [-0.2, 0) is 6.18 Å². The van der Waals surface area contributed by atoms with E-state index in [1.54, 1.807) is 18.2 Å². The van der Waals surface area contributed by atoms with Gasteiger partial charge in [0.05, 0.1) is 21.2 Å². The maximum atomic E-state index is 12.8. The lowest BCUT2D eigenvalue weighted by molar-refractivity contribution is -0.137. The maximum absolute atomic E-state index is 12.8. The first-order chi connectivity index (χ1) is 13.7. The summed E-state index contributed by atoms with van der Waals surface area (Å²) in [5.41, 5.74) is 6.38. The molecular formula is C18H11Cl2F3N6. The molecule has 0 spiro atoms. The van der Waals surface area contributed by atoms with Gasteiger partial charge in [0.15, 0.2) is 28.8 Å². The van der Waals surface area contributed by atoms with Gasteiger partial charge in [0.25, 0.3) is 0 Å². The Bertz CT molecular complexity index is 1180. The summed E-state index contributed by atoms with van der Waals surface area (Å²) in [6.07, 6.45) is -4.43. The number of nitrogens with one attached hydrogen (secondary N) is 2. The number of fused-ring (bicyclic) bond motifs is 1. The van der Waals surface area contributed by atoms with Crippen molar-refractivity contribution in [3.8, 4) is 11.4 Å². The Labute approximate surface area is 171 Å². The van der Waals surface area contributed by atoms with Crippen molar-refractivity contribution in [2.75, 3.05) is 11.1 Å². The molecule has 0 radical (unpaired) electrons. The van der Waals surface area contributed by atoms with E-state index in [1.165, 1.54) is 12.1 Å². The molecule has 0 saturated carbocycles. The highest BCUT2D eigenvalue weighted by Gasteiger charge is 2.30. The zero-order valence-corrected chi connectivity index (χ0v) is 15.9. The van der Waals surface area contributed by atoms with Gasteiger partial charge in [0, 0.05) is 5.69 Å². The quantitative estimate of drug-likeness (QED) is 0.383. The molecule has 4 rings (SSSR count). The lowest BCUT2D eigenvalue weighted by Gasteiger charge is -2.11. The number of benzene rings is 2. The fourth-order valence-electron chi connectivity index (χ4n) is 2.71. The van der Waals surface area contributed by atoms with Gasteiger partial charge >= 0.3 is 6.18 Å². The zero-order valence-electron chi connectivity index (χ0n) is 14.4. The zero-order chi connectivity index (χ0) is 20.8. The molecule has 0 atom stereocenters. The van der Waals surface area contributed by atoms with Gasteiger partial charge in [-0.1, -0.05) is 29.3 Å². The van der Waals surface area contributed by atoms with Crippen molar-refractivity contribution < 1.29 is 13.2 Å². The molecule has 0 aliphatic heterocycles. The number of rotatable bonds is 3. The minimum atomic E-state index is -4.43. The van der Waals surface area contributed by atoms with E-state index in [2.05, 4.69) is 25.3 Å². The highest BCUT2D eigenvalue weighted by atomic mass is 35.5.